The summed E-state index contributed by atoms with van der Waals surface area (Å²) in [5, 5.41) is 2.89. The van der Waals surface area contributed by atoms with Crippen LogP contribution in [-0.2, 0) is 0 Å². The Bertz CT molecular complexity index is 733. The Labute approximate surface area is 163 Å². The second kappa shape index (κ2) is 10.2. The lowest BCUT2D eigenvalue weighted by Gasteiger charge is -2.19. The highest BCUT2D eigenvalue weighted by molar-refractivity contribution is 9.10. The monoisotopic (exact) mass is 420 g/mol. The maximum Gasteiger partial charge on any atom is 0.255 e. The van der Waals surface area contributed by atoms with Crippen molar-refractivity contribution >= 4 is 27.5 Å². The topological polar surface area (TPSA) is 50.8 Å². The number of rotatable bonds is 9. The van der Waals surface area contributed by atoms with Crippen LogP contribution in [0.2, 0.25) is 0 Å². The predicted octanol–water partition coefficient (Wildman–Crippen LogP) is 4.43. The van der Waals surface area contributed by atoms with Gasteiger partial charge in [0.2, 0.25) is 0 Å². The molecule has 0 spiro atoms. The maximum atomic E-state index is 12.4. The Morgan fingerprint density at radius 3 is 2.54 bits per heavy atom. The average Bonchev–Trinajstić information content (AvgIpc) is 2.65. The first-order valence-corrected chi connectivity index (χ1v) is 9.46. The zero-order chi connectivity index (χ0) is 18.9. The van der Waals surface area contributed by atoms with Crippen LogP contribution in [0.15, 0.2) is 46.9 Å². The fraction of sp³-hybridized carbons (Fsp3) is 0.350. The molecule has 0 aromatic heterocycles. The molecule has 0 radical (unpaired) electrons. The lowest BCUT2D eigenvalue weighted by atomic mass is 10.2. The summed E-state index contributed by atoms with van der Waals surface area (Å²) in [5.41, 5.74) is 1.24. The fourth-order valence-electron chi connectivity index (χ4n) is 2.52. The third-order valence-corrected chi connectivity index (χ3v) is 4.56. The quantitative estimate of drug-likeness (QED) is 0.651. The van der Waals surface area contributed by atoms with Crippen molar-refractivity contribution in [2.24, 2.45) is 0 Å². The van der Waals surface area contributed by atoms with Crippen molar-refractivity contribution < 1.29 is 14.3 Å². The van der Waals surface area contributed by atoms with Crippen LogP contribution in [0.25, 0.3) is 0 Å². The molecule has 2 rings (SSSR count). The van der Waals surface area contributed by atoms with Crippen LogP contribution in [0.3, 0.4) is 0 Å². The number of methoxy groups -OCH3 is 1. The van der Waals surface area contributed by atoms with E-state index >= 15 is 0 Å². The second-order valence-corrected chi connectivity index (χ2v) is 6.62. The standard InChI is InChI=1S/C20H25BrN2O3/c1-4-23(5-2)11-12-26-19-14-17(9-10-18(19)25-3)22-20(24)15-7-6-8-16(21)13-15/h6-10,13-14H,4-5,11-12H2,1-3H3,(H,22,24). The summed E-state index contributed by atoms with van der Waals surface area (Å²) >= 11 is 3.38. The molecular weight excluding hydrogens is 396 g/mol. The van der Waals surface area contributed by atoms with Crippen molar-refractivity contribution in [1.29, 1.82) is 0 Å². The van der Waals surface area contributed by atoms with Crippen molar-refractivity contribution in [3.8, 4) is 11.5 Å². The number of benzene rings is 2. The van der Waals surface area contributed by atoms with Crippen molar-refractivity contribution in [1.82, 2.24) is 4.90 Å². The van der Waals surface area contributed by atoms with Gasteiger partial charge in [-0.15, -0.1) is 0 Å². The number of carbonyl (C=O) groups excluding carboxylic acids is 1. The Hall–Kier alpha value is -2.05. The van der Waals surface area contributed by atoms with Gasteiger partial charge in [-0.2, -0.15) is 0 Å². The Morgan fingerprint density at radius 2 is 1.88 bits per heavy atom. The number of nitrogens with zero attached hydrogens (tertiary/aromatic N) is 1. The second-order valence-electron chi connectivity index (χ2n) is 5.71. The lowest BCUT2D eigenvalue weighted by Crippen LogP contribution is -2.28. The summed E-state index contributed by atoms with van der Waals surface area (Å²) in [6.45, 7) is 7.62. The number of likely N-dealkylation sites (N-methyl/N-ethyl adjacent to an activating group) is 1. The molecule has 0 saturated heterocycles. The smallest absolute Gasteiger partial charge is 0.255 e. The lowest BCUT2D eigenvalue weighted by molar-refractivity contribution is 0.102. The molecule has 2 aromatic rings. The molecule has 0 aliphatic heterocycles. The SMILES string of the molecule is CCN(CC)CCOc1cc(NC(=O)c2cccc(Br)c2)ccc1OC. The molecule has 2 aromatic carbocycles. The summed E-state index contributed by atoms with van der Waals surface area (Å²) < 4.78 is 12.1. The van der Waals surface area contributed by atoms with E-state index in [9.17, 15) is 4.79 Å². The molecule has 0 aliphatic carbocycles. The molecule has 0 heterocycles. The van der Waals surface area contributed by atoms with E-state index in [1.807, 2.05) is 12.1 Å². The third kappa shape index (κ3) is 5.75. The van der Waals surface area contributed by atoms with Gasteiger partial charge in [0.05, 0.1) is 7.11 Å². The molecule has 0 atom stereocenters. The molecule has 0 saturated carbocycles. The van der Waals surface area contributed by atoms with E-state index in [1.165, 1.54) is 0 Å². The molecule has 1 N–H and O–H groups in total. The number of halogens is 1. The Kier molecular flexibility index (Phi) is 7.94. The van der Waals surface area contributed by atoms with Gasteiger partial charge in [-0.1, -0.05) is 35.8 Å². The van der Waals surface area contributed by atoms with Crippen molar-refractivity contribution in [3.63, 3.8) is 0 Å². The summed E-state index contributed by atoms with van der Waals surface area (Å²) in [7, 11) is 1.60. The van der Waals surface area contributed by atoms with Gasteiger partial charge in [0.15, 0.2) is 11.5 Å². The van der Waals surface area contributed by atoms with Gasteiger partial charge in [-0.25, -0.2) is 0 Å². The molecule has 6 heteroatoms. The molecule has 0 aliphatic rings. The van der Waals surface area contributed by atoms with Crippen LogP contribution >= 0.6 is 15.9 Å². The van der Waals surface area contributed by atoms with Crippen molar-refractivity contribution in [2.45, 2.75) is 13.8 Å². The third-order valence-electron chi connectivity index (χ3n) is 4.07. The minimum absolute atomic E-state index is 0.175. The molecule has 140 valence electrons. The molecule has 1 amide bonds. The van der Waals surface area contributed by atoms with Crippen LogP contribution in [0, 0.1) is 0 Å². The molecule has 26 heavy (non-hydrogen) atoms. The van der Waals surface area contributed by atoms with Gasteiger partial charge < -0.3 is 19.7 Å². The first-order chi connectivity index (χ1) is 12.6. The molecule has 0 fully saturated rings. The van der Waals surface area contributed by atoms with Crippen LogP contribution in [0.1, 0.15) is 24.2 Å². The van der Waals surface area contributed by atoms with E-state index in [4.69, 9.17) is 9.47 Å². The van der Waals surface area contributed by atoms with E-state index in [1.54, 1.807) is 37.4 Å². The first-order valence-electron chi connectivity index (χ1n) is 8.67. The minimum Gasteiger partial charge on any atom is -0.493 e. The molecule has 5 nitrogen and oxygen atoms in total. The highest BCUT2D eigenvalue weighted by Gasteiger charge is 2.11. The van der Waals surface area contributed by atoms with Gasteiger partial charge in [-0.3, -0.25) is 4.79 Å². The van der Waals surface area contributed by atoms with E-state index in [2.05, 4.69) is 40.0 Å². The highest BCUT2D eigenvalue weighted by atomic mass is 79.9. The van der Waals surface area contributed by atoms with E-state index in [0.29, 0.717) is 29.4 Å². The summed E-state index contributed by atoms with van der Waals surface area (Å²) in [6, 6.07) is 12.6. The number of hydrogen-bond acceptors (Lipinski definition) is 4. The molecule has 0 bridgehead atoms. The summed E-state index contributed by atoms with van der Waals surface area (Å²) in [5.74, 6) is 1.09. The number of anilines is 1. The van der Waals surface area contributed by atoms with Crippen LogP contribution in [0.4, 0.5) is 5.69 Å². The molecular formula is C20H25BrN2O3. The van der Waals surface area contributed by atoms with Crippen LogP contribution < -0.4 is 14.8 Å². The van der Waals surface area contributed by atoms with Crippen molar-refractivity contribution in [2.75, 3.05) is 38.7 Å². The average molecular weight is 421 g/mol. The zero-order valence-corrected chi connectivity index (χ0v) is 17.0. The van der Waals surface area contributed by atoms with Gasteiger partial charge in [0.1, 0.15) is 6.61 Å². The number of ether oxygens (including phenoxy) is 2. The van der Waals surface area contributed by atoms with Crippen molar-refractivity contribution in [3.05, 3.63) is 52.5 Å². The van der Waals surface area contributed by atoms with E-state index in [-0.39, 0.29) is 5.91 Å². The minimum atomic E-state index is -0.175. The molecule has 0 unspecified atom stereocenters. The number of hydrogen-bond donors (Lipinski definition) is 1. The Balaban J connectivity index is 2.06. The van der Waals surface area contributed by atoms with Crippen LogP contribution in [0.5, 0.6) is 11.5 Å². The van der Waals surface area contributed by atoms with Crippen LogP contribution in [-0.4, -0.2) is 44.2 Å². The summed E-state index contributed by atoms with van der Waals surface area (Å²) in [6.07, 6.45) is 0. The van der Waals surface area contributed by atoms with Gasteiger partial charge in [-0.05, 0) is 43.4 Å². The maximum absolute atomic E-state index is 12.4. The normalized spacial score (nSPS) is 10.7. The summed E-state index contributed by atoms with van der Waals surface area (Å²) in [4.78, 5) is 14.7. The number of nitrogens with one attached hydrogen (secondary N) is 1. The van der Waals surface area contributed by atoms with Gasteiger partial charge >= 0.3 is 0 Å². The van der Waals surface area contributed by atoms with Gasteiger partial charge in [0, 0.05) is 28.3 Å². The predicted molar refractivity (Wildman–Crippen MR) is 108 cm³/mol. The van der Waals surface area contributed by atoms with E-state index < -0.39 is 0 Å². The number of carbonyl (C=O) groups is 1. The number of amides is 1. The largest absolute Gasteiger partial charge is 0.493 e. The van der Waals surface area contributed by atoms with Gasteiger partial charge in [0.25, 0.3) is 5.91 Å². The van der Waals surface area contributed by atoms with E-state index in [0.717, 1.165) is 24.1 Å². The highest BCUT2D eigenvalue weighted by Crippen LogP contribution is 2.30. The first kappa shape index (κ1) is 20.3. The zero-order valence-electron chi connectivity index (χ0n) is 15.4. The fourth-order valence-corrected chi connectivity index (χ4v) is 2.92. The Morgan fingerprint density at radius 1 is 1.12 bits per heavy atom.